The summed E-state index contributed by atoms with van der Waals surface area (Å²) < 4.78 is 4.66. The van der Waals surface area contributed by atoms with Crippen molar-refractivity contribution >= 4 is 63.3 Å². The van der Waals surface area contributed by atoms with Gasteiger partial charge in [0.2, 0.25) is 5.91 Å². The highest BCUT2D eigenvalue weighted by atomic mass is 35.5. The van der Waals surface area contributed by atoms with Crippen LogP contribution in [0, 0.1) is 0 Å². The van der Waals surface area contributed by atoms with Gasteiger partial charge in [-0.05, 0) is 23.8 Å². The Morgan fingerprint density at radius 2 is 1.72 bits per heavy atom. The van der Waals surface area contributed by atoms with Crippen LogP contribution in [-0.4, -0.2) is 35.9 Å². The molecule has 2 N–H and O–H groups in total. The molecule has 0 aliphatic carbocycles. The molecule has 2 aromatic carbocycles. The number of hydrogen-bond acceptors (Lipinski definition) is 6. The Morgan fingerprint density at radius 1 is 1.07 bits per heavy atom. The van der Waals surface area contributed by atoms with E-state index in [-0.39, 0.29) is 23.2 Å². The van der Waals surface area contributed by atoms with Gasteiger partial charge in [0.1, 0.15) is 6.04 Å². The van der Waals surface area contributed by atoms with Crippen molar-refractivity contribution < 1.29 is 19.1 Å². The van der Waals surface area contributed by atoms with Crippen LogP contribution < -0.4 is 10.6 Å². The summed E-state index contributed by atoms with van der Waals surface area (Å²) in [6.07, 6.45) is 0.115. The average Bonchev–Trinajstić information content (AvgIpc) is 2.68. The summed E-state index contributed by atoms with van der Waals surface area (Å²) in [6, 6.07) is 11.6. The zero-order chi connectivity index (χ0) is 21.4. The second-order valence-electron chi connectivity index (χ2n) is 6.01. The second-order valence-corrected chi connectivity index (χ2v) is 7.91. The molecule has 0 fully saturated rings. The van der Waals surface area contributed by atoms with Crippen LogP contribution in [0.15, 0.2) is 42.5 Å². The first-order valence-corrected chi connectivity index (χ1v) is 10.4. The zero-order valence-electron chi connectivity index (χ0n) is 15.8. The first-order chi connectivity index (χ1) is 13.8. The molecule has 0 radical (unpaired) electrons. The molecule has 2 aromatic rings. The van der Waals surface area contributed by atoms with Gasteiger partial charge in [-0.1, -0.05) is 59.2 Å². The maximum absolute atomic E-state index is 12.5. The van der Waals surface area contributed by atoms with E-state index in [0.29, 0.717) is 21.4 Å². The number of hydrogen-bond donors (Lipinski definition) is 2. The van der Waals surface area contributed by atoms with Crippen LogP contribution in [-0.2, 0) is 25.5 Å². The van der Waals surface area contributed by atoms with Crippen molar-refractivity contribution in [3.05, 3.63) is 58.1 Å². The van der Waals surface area contributed by atoms with Crippen LogP contribution in [0.5, 0.6) is 0 Å². The number of carbonyl (C=O) groups is 3. The summed E-state index contributed by atoms with van der Waals surface area (Å²) >= 11 is 13.4. The van der Waals surface area contributed by atoms with Crippen LogP contribution in [0.3, 0.4) is 0 Å². The SMILES string of the molecule is COC(=O)[C@H](CSC(=O)Cc1ccccc1Nc1c(Cl)cccc1Cl)NC(C)=O. The normalized spacial score (nSPS) is 11.4. The third kappa shape index (κ3) is 6.96. The number of amides is 1. The molecule has 0 aliphatic heterocycles. The molecule has 9 heteroatoms. The van der Waals surface area contributed by atoms with E-state index < -0.39 is 12.0 Å². The van der Waals surface area contributed by atoms with E-state index in [1.165, 1.54) is 14.0 Å². The minimum absolute atomic E-state index is 0.0804. The fourth-order valence-electron chi connectivity index (χ4n) is 2.49. The molecular formula is C20H20Cl2N2O4S. The summed E-state index contributed by atoms with van der Waals surface area (Å²) in [4.78, 5) is 35.5. The highest BCUT2D eigenvalue weighted by Gasteiger charge is 2.22. The van der Waals surface area contributed by atoms with E-state index in [0.717, 1.165) is 17.3 Å². The monoisotopic (exact) mass is 454 g/mol. The van der Waals surface area contributed by atoms with Gasteiger partial charge in [0, 0.05) is 24.8 Å². The van der Waals surface area contributed by atoms with Crippen molar-refractivity contribution in [2.45, 2.75) is 19.4 Å². The number of nitrogens with one attached hydrogen (secondary N) is 2. The molecule has 0 unspecified atom stereocenters. The number of halogens is 2. The van der Waals surface area contributed by atoms with E-state index in [1.54, 1.807) is 18.2 Å². The minimum atomic E-state index is -0.887. The third-order valence-electron chi connectivity index (χ3n) is 3.85. The maximum atomic E-state index is 12.5. The van der Waals surface area contributed by atoms with Crippen molar-refractivity contribution in [1.82, 2.24) is 5.32 Å². The third-order valence-corrected chi connectivity index (χ3v) is 5.45. The Hall–Kier alpha value is -2.22. The van der Waals surface area contributed by atoms with Gasteiger partial charge in [-0.2, -0.15) is 0 Å². The Kier molecular flexibility index (Phi) is 8.82. The minimum Gasteiger partial charge on any atom is -0.467 e. The predicted octanol–water partition coefficient (Wildman–Crippen LogP) is 4.22. The first-order valence-electron chi connectivity index (χ1n) is 8.61. The molecule has 29 heavy (non-hydrogen) atoms. The van der Waals surface area contributed by atoms with Crippen molar-refractivity contribution in [1.29, 1.82) is 0 Å². The van der Waals surface area contributed by atoms with Crippen LogP contribution in [0.4, 0.5) is 11.4 Å². The van der Waals surface area contributed by atoms with Crippen molar-refractivity contribution in [2.75, 3.05) is 18.2 Å². The predicted molar refractivity (Wildman–Crippen MR) is 117 cm³/mol. The quantitative estimate of drug-likeness (QED) is 0.580. The van der Waals surface area contributed by atoms with Crippen molar-refractivity contribution in [3.8, 4) is 0 Å². The van der Waals surface area contributed by atoms with E-state index in [2.05, 4.69) is 15.4 Å². The van der Waals surface area contributed by atoms with Gasteiger partial charge in [-0.25, -0.2) is 4.79 Å². The molecule has 0 saturated carbocycles. The van der Waals surface area contributed by atoms with Crippen LogP contribution >= 0.6 is 35.0 Å². The summed E-state index contributed by atoms with van der Waals surface area (Å²) in [5.74, 6) is -0.896. The molecule has 0 saturated heterocycles. The lowest BCUT2D eigenvalue weighted by Gasteiger charge is -2.16. The lowest BCUT2D eigenvalue weighted by Crippen LogP contribution is -2.42. The van der Waals surface area contributed by atoms with E-state index in [9.17, 15) is 14.4 Å². The Balaban J connectivity index is 2.07. The highest BCUT2D eigenvalue weighted by molar-refractivity contribution is 8.13. The van der Waals surface area contributed by atoms with Crippen molar-refractivity contribution in [3.63, 3.8) is 0 Å². The van der Waals surface area contributed by atoms with E-state index in [1.807, 2.05) is 24.3 Å². The van der Waals surface area contributed by atoms with E-state index in [4.69, 9.17) is 23.2 Å². The van der Waals surface area contributed by atoms with Crippen LogP contribution in [0.1, 0.15) is 12.5 Å². The zero-order valence-corrected chi connectivity index (χ0v) is 18.2. The van der Waals surface area contributed by atoms with E-state index >= 15 is 0 Å². The number of esters is 1. The lowest BCUT2D eigenvalue weighted by molar-refractivity contribution is -0.144. The number of benzene rings is 2. The molecule has 0 heterocycles. The first kappa shape index (κ1) is 23.1. The van der Waals surface area contributed by atoms with Crippen LogP contribution in [0.25, 0.3) is 0 Å². The summed E-state index contributed by atoms with van der Waals surface area (Å²) in [7, 11) is 1.23. The maximum Gasteiger partial charge on any atom is 0.329 e. The van der Waals surface area contributed by atoms with Gasteiger partial charge in [-0.3, -0.25) is 9.59 Å². The Bertz CT molecular complexity index is 888. The topological polar surface area (TPSA) is 84.5 Å². The van der Waals surface area contributed by atoms with Gasteiger partial charge in [0.05, 0.1) is 22.8 Å². The number of anilines is 2. The molecule has 0 aliphatic rings. The molecule has 0 bridgehead atoms. The smallest absolute Gasteiger partial charge is 0.329 e. The van der Waals surface area contributed by atoms with Gasteiger partial charge < -0.3 is 15.4 Å². The molecule has 1 amide bonds. The number of ether oxygens (including phenoxy) is 1. The molecule has 0 aromatic heterocycles. The highest BCUT2D eigenvalue weighted by Crippen LogP contribution is 2.33. The number of para-hydroxylation sites is 2. The van der Waals surface area contributed by atoms with Crippen molar-refractivity contribution in [2.24, 2.45) is 0 Å². The summed E-state index contributed by atoms with van der Waals surface area (Å²) in [5, 5.41) is 6.42. The number of thioether (sulfide) groups is 1. The Labute approximate surface area is 183 Å². The largest absolute Gasteiger partial charge is 0.467 e. The summed E-state index contributed by atoms with van der Waals surface area (Å²) in [6.45, 7) is 1.30. The number of carbonyl (C=O) groups excluding carboxylic acids is 3. The molecule has 2 rings (SSSR count). The number of methoxy groups -OCH3 is 1. The fraction of sp³-hybridized carbons (Fsp3) is 0.250. The van der Waals surface area contributed by atoms with Gasteiger partial charge in [-0.15, -0.1) is 0 Å². The standard InChI is InChI=1S/C20H20Cl2N2O4S/c1-12(25)23-17(20(27)28-2)11-29-18(26)10-13-6-3-4-9-16(13)24-19-14(21)7-5-8-15(19)22/h3-9,17,24H,10-11H2,1-2H3,(H,23,25)/t17-/m0/s1. The molecule has 154 valence electrons. The van der Waals surface area contributed by atoms with Gasteiger partial charge in [0.25, 0.3) is 0 Å². The Morgan fingerprint density at radius 3 is 2.34 bits per heavy atom. The lowest BCUT2D eigenvalue weighted by atomic mass is 10.1. The average molecular weight is 455 g/mol. The molecule has 0 spiro atoms. The number of rotatable bonds is 8. The van der Waals surface area contributed by atoms with Crippen LogP contribution in [0.2, 0.25) is 10.0 Å². The van der Waals surface area contributed by atoms with Gasteiger partial charge >= 0.3 is 5.97 Å². The second kappa shape index (κ2) is 11.1. The molecular weight excluding hydrogens is 435 g/mol. The summed E-state index contributed by atoms with van der Waals surface area (Å²) in [5.41, 5.74) is 2.00. The van der Waals surface area contributed by atoms with Gasteiger partial charge in [0.15, 0.2) is 5.12 Å². The fourth-order valence-corrected chi connectivity index (χ4v) is 3.81. The molecule has 1 atom stereocenters. The molecule has 6 nitrogen and oxygen atoms in total.